The molecule has 72 valence electrons. The molecule has 0 aliphatic heterocycles. The number of carbonyl (C=O) groups is 1. The predicted octanol–water partition coefficient (Wildman–Crippen LogP) is 1.79. The van der Waals surface area contributed by atoms with E-state index in [-0.39, 0.29) is 5.70 Å². The number of benzene rings is 1. The minimum Gasteiger partial charge on any atom is -0.464 e. The topological polar surface area (TPSA) is 38.7 Å². The van der Waals surface area contributed by atoms with E-state index >= 15 is 0 Å². The summed E-state index contributed by atoms with van der Waals surface area (Å²) in [5.74, 6) is -0.516. The predicted molar refractivity (Wildman–Crippen MR) is 55.2 cm³/mol. The van der Waals surface area contributed by atoms with Crippen molar-refractivity contribution in [1.29, 1.82) is 0 Å². The smallest absolute Gasteiger partial charge is 0.356 e. The zero-order valence-electron chi connectivity index (χ0n) is 7.93. The van der Waals surface area contributed by atoms with Crippen LogP contribution in [-0.4, -0.2) is 19.3 Å². The molecule has 0 atom stereocenters. The molecule has 1 rings (SSSR count). The molecule has 3 heteroatoms. The fourth-order valence-electron chi connectivity index (χ4n) is 0.862. The highest BCUT2D eigenvalue weighted by atomic mass is 16.5. The highest BCUT2D eigenvalue weighted by Crippen LogP contribution is 1.98. The molecule has 14 heavy (non-hydrogen) atoms. The molecule has 0 bridgehead atoms. The van der Waals surface area contributed by atoms with Crippen molar-refractivity contribution in [3.63, 3.8) is 0 Å². The lowest BCUT2D eigenvalue weighted by Crippen LogP contribution is -2.01. The fraction of sp³-hybridized carbons (Fsp3) is 0.0909. The van der Waals surface area contributed by atoms with Crippen molar-refractivity contribution in [1.82, 2.24) is 0 Å². The molecule has 0 aliphatic carbocycles. The number of nitrogens with zero attached hydrogens (tertiary/aromatic N) is 1. The lowest BCUT2D eigenvalue weighted by molar-refractivity contribution is -0.136. The summed E-state index contributed by atoms with van der Waals surface area (Å²) in [6.45, 7) is 3.47. The van der Waals surface area contributed by atoms with Crippen LogP contribution in [0.2, 0.25) is 0 Å². The highest BCUT2D eigenvalue weighted by molar-refractivity contribution is 5.91. The van der Waals surface area contributed by atoms with Crippen LogP contribution in [0.1, 0.15) is 5.56 Å². The molecule has 0 unspecified atom stereocenters. The third-order valence-corrected chi connectivity index (χ3v) is 1.59. The Kier molecular flexibility index (Phi) is 3.61. The molecular weight excluding hydrogens is 178 g/mol. The second-order valence-corrected chi connectivity index (χ2v) is 2.61. The summed E-state index contributed by atoms with van der Waals surface area (Å²) < 4.78 is 4.45. The van der Waals surface area contributed by atoms with Crippen molar-refractivity contribution in [2.24, 2.45) is 4.99 Å². The molecular formula is C11H11NO2. The van der Waals surface area contributed by atoms with Crippen molar-refractivity contribution in [3.8, 4) is 0 Å². The second kappa shape index (κ2) is 4.97. The molecule has 0 spiro atoms. The van der Waals surface area contributed by atoms with E-state index in [0.717, 1.165) is 5.56 Å². The van der Waals surface area contributed by atoms with E-state index in [1.54, 1.807) is 6.21 Å². The summed E-state index contributed by atoms with van der Waals surface area (Å²) in [6.07, 6.45) is 1.57. The van der Waals surface area contributed by atoms with Crippen LogP contribution in [-0.2, 0) is 9.53 Å². The Morgan fingerprint density at radius 1 is 1.43 bits per heavy atom. The number of carbonyl (C=O) groups excluding carboxylic acids is 1. The molecule has 0 aromatic heterocycles. The first-order chi connectivity index (χ1) is 6.74. The summed E-state index contributed by atoms with van der Waals surface area (Å²) in [7, 11) is 1.30. The van der Waals surface area contributed by atoms with Crippen LogP contribution in [0.3, 0.4) is 0 Å². The Labute approximate surface area is 82.7 Å². The standard InChI is InChI=1S/C11H11NO2/c1-9(11(13)14-2)12-8-10-6-4-3-5-7-10/h3-8H,1H2,2H3. The van der Waals surface area contributed by atoms with E-state index in [9.17, 15) is 4.79 Å². The van der Waals surface area contributed by atoms with Gasteiger partial charge in [-0.2, -0.15) is 0 Å². The van der Waals surface area contributed by atoms with Gasteiger partial charge in [0.1, 0.15) is 5.70 Å². The van der Waals surface area contributed by atoms with E-state index in [0.29, 0.717) is 0 Å². The number of hydrogen-bond acceptors (Lipinski definition) is 3. The second-order valence-electron chi connectivity index (χ2n) is 2.61. The maximum Gasteiger partial charge on any atom is 0.356 e. The van der Waals surface area contributed by atoms with Crippen molar-refractivity contribution < 1.29 is 9.53 Å². The summed E-state index contributed by atoms with van der Waals surface area (Å²) >= 11 is 0. The fourth-order valence-corrected chi connectivity index (χ4v) is 0.862. The zero-order chi connectivity index (χ0) is 10.4. The molecule has 0 fully saturated rings. The van der Waals surface area contributed by atoms with Crippen molar-refractivity contribution in [2.75, 3.05) is 7.11 Å². The lowest BCUT2D eigenvalue weighted by atomic mass is 10.2. The third-order valence-electron chi connectivity index (χ3n) is 1.59. The summed E-state index contributed by atoms with van der Waals surface area (Å²) in [5.41, 5.74) is 1.01. The Morgan fingerprint density at radius 2 is 2.07 bits per heavy atom. The molecule has 0 amide bonds. The van der Waals surface area contributed by atoms with Gasteiger partial charge in [-0.3, -0.25) is 0 Å². The van der Waals surface area contributed by atoms with Crippen LogP contribution in [0.25, 0.3) is 0 Å². The van der Waals surface area contributed by atoms with E-state index in [4.69, 9.17) is 0 Å². The largest absolute Gasteiger partial charge is 0.464 e. The maximum atomic E-state index is 10.9. The number of ether oxygens (including phenoxy) is 1. The first-order valence-corrected chi connectivity index (χ1v) is 4.10. The Morgan fingerprint density at radius 3 is 2.64 bits per heavy atom. The summed E-state index contributed by atoms with van der Waals surface area (Å²) in [6, 6.07) is 9.46. The van der Waals surface area contributed by atoms with Crippen LogP contribution >= 0.6 is 0 Å². The molecule has 0 saturated carbocycles. The number of methoxy groups -OCH3 is 1. The molecule has 0 radical (unpaired) electrons. The van der Waals surface area contributed by atoms with Crippen LogP contribution < -0.4 is 0 Å². The van der Waals surface area contributed by atoms with Crippen LogP contribution in [0.5, 0.6) is 0 Å². The number of hydrogen-bond donors (Lipinski definition) is 0. The first kappa shape index (κ1) is 10.2. The third kappa shape index (κ3) is 2.86. The van der Waals surface area contributed by atoms with Gasteiger partial charge in [-0.05, 0) is 5.56 Å². The van der Waals surface area contributed by atoms with Gasteiger partial charge in [0.2, 0.25) is 0 Å². The Hall–Kier alpha value is -1.90. The van der Waals surface area contributed by atoms with E-state index in [1.165, 1.54) is 7.11 Å². The van der Waals surface area contributed by atoms with Gasteiger partial charge in [-0.25, -0.2) is 9.79 Å². The zero-order valence-corrected chi connectivity index (χ0v) is 7.93. The number of esters is 1. The summed E-state index contributed by atoms with van der Waals surface area (Å²) in [4.78, 5) is 14.8. The first-order valence-electron chi connectivity index (χ1n) is 4.10. The monoisotopic (exact) mass is 189 g/mol. The van der Waals surface area contributed by atoms with Gasteiger partial charge < -0.3 is 4.74 Å². The van der Waals surface area contributed by atoms with Gasteiger partial charge in [0.05, 0.1) is 7.11 Å². The van der Waals surface area contributed by atoms with Crippen molar-refractivity contribution in [2.45, 2.75) is 0 Å². The number of aliphatic imine (C=N–C) groups is 1. The normalized spacial score (nSPS) is 10.1. The van der Waals surface area contributed by atoms with Gasteiger partial charge >= 0.3 is 5.97 Å². The van der Waals surface area contributed by atoms with Crippen LogP contribution in [0.4, 0.5) is 0 Å². The van der Waals surface area contributed by atoms with Crippen molar-refractivity contribution in [3.05, 3.63) is 48.2 Å². The molecule has 0 saturated heterocycles. The molecule has 1 aromatic rings. The van der Waals surface area contributed by atoms with Gasteiger partial charge in [0, 0.05) is 6.21 Å². The Balaban J connectivity index is 2.65. The van der Waals surface area contributed by atoms with Gasteiger partial charge in [-0.1, -0.05) is 36.9 Å². The Bertz CT molecular complexity index is 355. The maximum absolute atomic E-state index is 10.9. The van der Waals surface area contributed by atoms with E-state index in [1.807, 2.05) is 30.3 Å². The average Bonchev–Trinajstić information content (AvgIpc) is 2.26. The minimum atomic E-state index is -0.516. The summed E-state index contributed by atoms with van der Waals surface area (Å²) in [5, 5.41) is 0. The minimum absolute atomic E-state index is 0.0938. The van der Waals surface area contributed by atoms with Gasteiger partial charge in [0.25, 0.3) is 0 Å². The van der Waals surface area contributed by atoms with Crippen LogP contribution in [0.15, 0.2) is 47.6 Å². The van der Waals surface area contributed by atoms with E-state index < -0.39 is 5.97 Å². The molecule has 0 aliphatic rings. The van der Waals surface area contributed by atoms with Crippen molar-refractivity contribution >= 4 is 12.2 Å². The quantitative estimate of drug-likeness (QED) is 0.413. The highest BCUT2D eigenvalue weighted by Gasteiger charge is 2.02. The van der Waals surface area contributed by atoms with Gasteiger partial charge in [-0.15, -0.1) is 0 Å². The molecule has 3 nitrogen and oxygen atoms in total. The van der Waals surface area contributed by atoms with E-state index in [2.05, 4.69) is 16.3 Å². The SMILES string of the molecule is C=C(N=Cc1ccccc1)C(=O)OC. The average molecular weight is 189 g/mol. The molecule has 0 heterocycles. The lowest BCUT2D eigenvalue weighted by Gasteiger charge is -1.95. The van der Waals surface area contributed by atoms with Crippen LogP contribution in [0, 0.1) is 0 Å². The molecule has 0 N–H and O–H groups in total. The van der Waals surface area contributed by atoms with Gasteiger partial charge in [0.15, 0.2) is 0 Å². The molecule has 1 aromatic carbocycles. The number of rotatable bonds is 3.